The molecule has 4 aromatic rings. The molecule has 0 unspecified atom stereocenters. The average Bonchev–Trinajstić information content (AvgIpc) is 3.05. The number of fused-ring (bicyclic) bond motifs is 1. The molecule has 0 saturated carbocycles. The molecule has 43 heavy (non-hydrogen) atoms. The Bertz CT molecular complexity index is 1590. The predicted octanol–water partition coefficient (Wildman–Crippen LogP) is 4.78. The van der Waals surface area contributed by atoms with E-state index in [0.29, 0.717) is 52.9 Å². The number of hydrogen-bond acceptors (Lipinski definition) is 8. The van der Waals surface area contributed by atoms with Crippen molar-refractivity contribution in [3.05, 3.63) is 72.2 Å². The smallest absolute Gasteiger partial charge is 0.161 e. The van der Waals surface area contributed by atoms with Crippen LogP contribution < -0.4 is 9.47 Å². The Morgan fingerprint density at radius 3 is 2.56 bits per heavy atom. The van der Waals surface area contributed by atoms with Crippen LogP contribution in [-0.4, -0.2) is 95.1 Å². The zero-order chi connectivity index (χ0) is 29.6. The van der Waals surface area contributed by atoms with Crippen molar-refractivity contribution in [1.29, 1.82) is 0 Å². The van der Waals surface area contributed by atoms with E-state index >= 15 is 4.39 Å². The van der Waals surface area contributed by atoms with Crippen LogP contribution in [0.4, 0.5) is 4.39 Å². The van der Waals surface area contributed by atoms with Crippen LogP contribution in [0, 0.1) is 5.82 Å². The van der Waals surface area contributed by atoms with Gasteiger partial charge >= 0.3 is 0 Å². The minimum atomic E-state index is -0.755. The van der Waals surface area contributed by atoms with E-state index in [0.717, 1.165) is 74.6 Å². The summed E-state index contributed by atoms with van der Waals surface area (Å²) in [6.45, 7) is 7.06. The summed E-state index contributed by atoms with van der Waals surface area (Å²) in [4.78, 5) is 14.2. The summed E-state index contributed by atoms with van der Waals surface area (Å²) >= 11 is 0. The molecule has 3 aromatic carbocycles. The lowest BCUT2D eigenvalue weighted by Crippen LogP contribution is -2.37. The summed E-state index contributed by atoms with van der Waals surface area (Å²) in [5.41, 5.74) is 5.18. The van der Waals surface area contributed by atoms with Crippen molar-refractivity contribution in [2.24, 2.45) is 0 Å². The Balaban J connectivity index is 1.19. The van der Waals surface area contributed by atoms with E-state index in [1.165, 1.54) is 0 Å². The first-order valence-corrected chi connectivity index (χ1v) is 16.3. The van der Waals surface area contributed by atoms with Crippen LogP contribution in [0.2, 0.25) is 0 Å². The zero-order valence-electron chi connectivity index (χ0n) is 24.5. The van der Waals surface area contributed by atoms with Crippen molar-refractivity contribution in [2.45, 2.75) is 13.0 Å². The molecule has 0 spiro atoms. The summed E-state index contributed by atoms with van der Waals surface area (Å²) in [5, 5.41) is 0. The second kappa shape index (κ2) is 13.9. The number of para-hydroxylation sites is 1. The SMILES string of the molecule is COc1cc(-c2cnc3cccc(-c4ccc(CN5CCS(=O)CC5)c(F)c4)c3n2)ccc1OCCCN1CCOCC1. The first-order valence-electron chi connectivity index (χ1n) is 14.8. The molecule has 226 valence electrons. The molecule has 0 amide bonds. The minimum absolute atomic E-state index is 0.254. The van der Waals surface area contributed by atoms with Crippen molar-refractivity contribution in [2.75, 3.05) is 71.2 Å². The summed E-state index contributed by atoms with van der Waals surface area (Å²) in [6, 6.07) is 16.9. The molecule has 10 heteroatoms. The Morgan fingerprint density at radius 1 is 0.953 bits per heavy atom. The van der Waals surface area contributed by atoms with Crippen molar-refractivity contribution < 1.29 is 22.8 Å². The Morgan fingerprint density at radius 2 is 1.77 bits per heavy atom. The van der Waals surface area contributed by atoms with Gasteiger partial charge in [-0.25, -0.2) is 9.37 Å². The molecule has 8 nitrogen and oxygen atoms in total. The Kier molecular flexibility index (Phi) is 9.58. The van der Waals surface area contributed by atoms with Crippen LogP contribution in [0.3, 0.4) is 0 Å². The van der Waals surface area contributed by atoms with Gasteiger partial charge in [-0.1, -0.05) is 24.3 Å². The highest BCUT2D eigenvalue weighted by atomic mass is 32.2. The summed E-state index contributed by atoms with van der Waals surface area (Å²) < 4.78 is 44.1. The van der Waals surface area contributed by atoms with Crippen LogP contribution >= 0.6 is 0 Å². The molecule has 0 bridgehead atoms. The number of methoxy groups -OCH3 is 1. The van der Waals surface area contributed by atoms with Gasteiger partial charge in [0, 0.05) is 78.3 Å². The fourth-order valence-electron chi connectivity index (χ4n) is 5.56. The van der Waals surface area contributed by atoms with Gasteiger partial charge < -0.3 is 14.2 Å². The summed E-state index contributed by atoms with van der Waals surface area (Å²) in [7, 11) is 0.878. The van der Waals surface area contributed by atoms with Gasteiger partial charge in [0.05, 0.1) is 49.9 Å². The Hall–Kier alpha value is -3.44. The maximum Gasteiger partial charge on any atom is 0.161 e. The van der Waals surface area contributed by atoms with Gasteiger partial charge in [0.15, 0.2) is 11.5 Å². The van der Waals surface area contributed by atoms with Gasteiger partial charge in [-0.05, 0) is 42.3 Å². The first-order chi connectivity index (χ1) is 21.1. The molecule has 0 radical (unpaired) electrons. The molecule has 2 aliphatic rings. The van der Waals surface area contributed by atoms with Crippen LogP contribution in [-0.2, 0) is 22.1 Å². The van der Waals surface area contributed by atoms with Gasteiger partial charge in [0.25, 0.3) is 0 Å². The number of rotatable bonds is 10. The fraction of sp³-hybridized carbons (Fsp3) is 0.394. The average molecular weight is 605 g/mol. The topological polar surface area (TPSA) is 77.0 Å². The molecular formula is C33H37FN4O4S. The van der Waals surface area contributed by atoms with Crippen molar-refractivity contribution in [3.63, 3.8) is 0 Å². The number of halogens is 1. The summed E-state index contributed by atoms with van der Waals surface area (Å²) in [6.07, 6.45) is 2.67. The molecule has 2 saturated heterocycles. The third kappa shape index (κ3) is 7.21. The largest absolute Gasteiger partial charge is 0.493 e. The normalized spacial score (nSPS) is 16.9. The molecule has 2 aliphatic heterocycles. The van der Waals surface area contributed by atoms with Crippen molar-refractivity contribution in [1.82, 2.24) is 19.8 Å². The molecule has 1 aromatic heterocycles. The first kappa shape index (κ1) is 29.6. The van der Waals surface area contributed by atoms with Gasteiger partial charge in [0.2, 0.25) is 0 Å². The van der Waals surface area contributed by atoms with E-state index in [2.05, 4.69) is 14.8 Å². The molecule has 3 heterocycles. The third-order valence-electron chi connectivity index (χ3n) is 8.04. The summed E-state index contributed by atoms with van der Waals surface area (Å²) in [5.74, 6) is 2.37. The third-order valence-corrected chi connectivity index (χ3v) is 9.32. The highest BCUT2D eigenvalue weighted by Crippen LogP contribution is 2.34. The van der Waals surface area contributed by atoms with E-state index in [9.17, 15) is 4.21 Å². The number of benzene rings is 3. The zero-order valence-corrected chi connectivity index (χ0v) is 25.3. The molecular weight excluding hydrogens is 567 g/mol. The molecule has 0 N–H and O–H groups in total. The van der Waals surface area contributed by atoms with Crippen LogP contribution in [0.25, 0.3) is 33.4 Å². The van der Waals surface area contributed by atoms with Crippen LogP contribution in [0.15, 0.2) is 60.8 Å². The molecule has 2 fully saturated rings. The van der Waals surface area contributed by atoms with Gasteiger partial charge in [-0.2, -0.15) is 0 Å². The number of ether oxygens (including phenoxy) is 3. The lowest BCUT2D eigenvalue weighted by molar-refractivity contribution is 0.0357. The maximum absolute atomic E-state index is 15.3. The number of aromatic nitrogens is 2. The maximum atomic E-state index is 15.3. The van der Waals surface area contributed by atoms with Crippen molar-refractivity contribution in [3.8, 4) is 33.9 Å². The van der Waals surface area contributed by atoms with E-state index in [-0.39, 0.29) is 5.82 Å². The number of nitrogens with zero attached hydrogens (tertiary/aromatic N) is 4. The van der Waals surface area contributed by atoms with Gasteiger partial charge in [0.1, 0.15) is 5.82 Å². The van der Waals surface area contributed by atoms with Crippen molar-refractivity contribution >= 4 is 21.8 Å². The number of hydrogen-bond donors (Lipinski definition) is 0. The number of morpholine rings is 1. The fourth-order valence-corrected chi connectivity index (χ4v) is 6.69. The second-order valence-corrected chi connectivity index (χ2v) is 12.6. The molecule has 0 atom stereocenters. The highest BCUT2D eigenvalue weighted by molar-refractivity contribution is 7.85. The lowest BCUT2D eigenvalue weighted by atomic mass is 10.0. The van der Waals surface area contributed by atoms with Crippen LogP contribution in [0.1, 0.15) is 12.0 Å². The van der Waals surface area contributed by atoms with E-state index in [1.807, 2.05) is 48.5 Å². The monoisotopic (exact) mass is 604 g/mol. The standard InChI is InChI=1S/C33H37FN4O4S/c1-40-32-21-25(8-9-31(32)42-15-3-10-37-11-16-41-17-12-37)30-22-35-29-5-2-4-27(33(29)36-30)24-6-7-26(28(34)20-24)23-38-13-18-43(39)19-14-38/h2,4-9,20-22H,3,10-19,23H2,1H3. The second-order valence-electron chi connectivity index (χ2n) is 10.9. The van der Waals surface area contributed by atoms with Crippen LogP contribution in [0.5, 0.6) is 11.5 Å². The van der Waals surface area contributed by atoms with E-state index in [4.69, 9.17) is 19.2 Å². The van der Waals surface area contributed by atoms with E-state index in [1.54, 1.807) is 19.4 Å². The highest BCUT2D eigenvalue weighted by Gasteiger charge is 2.18. The van der Waals surface area contributed by atoms with Gasteiger partial charge in [-0.15, -0.1) is 0 Å². The lowest BCUT2D eigenvalue weighted by Gasteiger charge is -2.26. The van der Waals surface area contributed by atoms with E-state index < -0.39 is 10.8 Å². The predicted molar refractivity (Wildman–Crippen MR) is 167 cm³/mol. The van der Waals surface area contributed by atoms with Gasteiger partial charge in [-0.3, -0.25) is 19.0 Å². The molecule has 6 rings (SSSR count). The minimum Gasteiger partial charge on any atom is -0.493 e. The molecule has 0 aliphatic carbocycles. The quantitative estimate of drug-likeness (QED) is 0.240. The Labute approximate surface area is 254 Å².